The van der Waals surface area contributed by atoms with Crippen molar-refractivity contribution in [3.63, 3.8) is 0 Å². The molecule has 0 amide bonds. The first-order chi connectivity index (χ1) is 26.1. The van der Waals surface area contributed by atoms with Crippen LogP contribution in [0.5, 0.6) is 23.1 Å². The number of amidine groups is 1. The van der Waals surface area contributed by atoms with E-state index in [0.29, 0.717) is 65.6 Å². The lowest BCUT2D eigenvalue weighted by molar-refractivity contribution is -0.137. The molecule has 0 spiro atoms. The summed E-state index contributed by atoms with van der Waals surface area (Å²) in [5.41, 5.74) is 2.23. The number of aliphatic imine (C=N–C) groups is 1. The minimum atomic E-state index is -4.75. The Balaban J connectivity index is 1.34. The zero-order valence-corrected chi connectivity index (χ0v) is 30.6. The summed E-state index contributed by atoms with van der Waals surface area (Å²) in [6, 6.07) is 23.4. The van der Waals surface area contributed by atoms with E-state index in [2.05, 4.69) is 10.3 Å². The number of aryl methyl sites for hydroxylation is 1. The number of halogens is 4. The summed E-state index contributed by atoms with van der Waals surface area (Å²) in [5.74, 6) is 2.94. The molecule has 0 unspecified atom stereocenters. The van der Waals surface area contributed by atoms with E-state index in [9.17, 15) is 0 Å². The average molecular weight is 757 g/mol. The molecule has 0 aliphatic carbocycles. The van der Waals surface area contributed by atoms with E-state index in [-0.39, 0.29) is 34.3 Å². The van der Waals surface area contributed by atoms with Crippen LogP contribution in [0.4, 0.5) is 24.7 Å². The molecule has 0 saturated heterocycles. The van der Waals surface area contributed by atoms with E-state index in [1.54, 1.807) is 33.6 Å². The highest BCUT2D eigenvalue weighted by Gasteiger charge is 2.39. The summed E-state index contributed by atoms with van der Waals surface area (Å²) >= 11 is 7.12. The van der Waals surface area contributed by atoms with Crippen molar-refractivity contribution in [2.45, 2.75) is 32.7 Å². The molecule has 0 atom stereocenters. The molecular weight excluding hydrogens is 721 g/mol. The van der Waals surface area contributed by atoms with Gasteiger partial charge in [0.1, 0.15) is 41.8 Å². The molecule has 278 valence electrons. The molecule has 54 heavy (non-hydrogen) atoms. The Labute approximate surface area is 315 Å². The van der Waals surface area contributed by atoms with Crippen molar-refractivity contribution in [1.29, 1.82) is 0 Å². The molecule has 14 heteroatoms. The van der Waals surface area contributed by atoms with Crippen LogP contribution in [0.15, 0.2) is 96.3 Å². The fraction of sp³-hybridized carbons (Fsp3) is 0.225. The molecule has 2 aromatic heterocycles. The molecule has 10 nitrogen and oxygen atoms in total. The molecule has 0 radical (unpaired) electrons. The molecule has 0 bridgehead atoms. The van der Waals surface area contributed by atoms with Gasteiger partial charge in [0.15, 0.2) is 0 Å². The predicted molar refractivity (Wildman–Crippen MR) is 201 cm³/mol. The number of ether oxygens (including phenoxy) is 4. The molecule has 0 saturated carbocycles. The minimum absolute atomic E-state index is 0.00963. The fourth-order valence-corrected chi connectivity index (χ4v) is 6.80. The van der Waals surface area contributed by atoms with Crippen molar-refractivity contribution < 1.29 is 32.1 Å². The molecule has 2 aliphatic heterocycles. The Kier molecular flexibility index (Phi) is 10.2. The van der Waals surface area contributed by atoms with Gasteiger partial charge in [-0.05, 0) is 66.1 Å². The van der Waals surface area contributed by atoms with Crippen molar-refractivity contribution in [2.24, 2.45) is 4.99 Å². The second kappa shape index (κ2) is 15.2. The third-order valence-corrected chi connectivity index (χ3v) is 9.49. The SMILES string of the molecule is COc1ccc(CN(Cc2ccc(OC)cc2)c2cc(C)c(C(F)(F)F)c(-c3cc4c5c(c3Cl)NCN=C5N(Cc3cccc(OC)n3)C=CO4)n2)cc1. The van der Waals surface area contributed by atoms with Crippen molar-refractivity contribution in [3.8, 4) is 34.4 Å². The van der Waals surface area contributed by atoms with Gasteiger partial charge in [0.25, 0.3) is 0 Å². The van der Waals surface area contributed by atoms with Crippen molar-refractivity contribution >= 4 is 28.9 Å². The largest absolute Gasteiger partial charge is 0.497 e. The molecule has 5 aromatic rings. The van der Waals surface area contributed by atoms with Crippen molar-refractivity contribution in [3.05, 3.63) is 130 Å². The van der Waals surface area contributed by atoms with Crippen LogP contribution in [0.25, 0.3) is 11.3 Å². The van der Waals surface area contributed by atoms with E-state index in [1.165, 1.54) is 25.3 Å². The van der Waals surface area contributed by atoms with Crippen LogP contribution in [0, 0.1) is 6.92 Å². The number of nitrogens with zero attached hydrogens (tertiary/aromatic N) is 5. The molecule has 1 N–H and O–H groups in total. The highest BCUT2D eigenvalue weighted by atomic mass is 35.5. The monoisotopic (exact) mass is 756 g/mol. The van der Waals surface area contributed by atoms with Gasteiger partial charge in [0.05, 0.1) is 61.1 Å². The van der Waals surface area contributed by atoms with Gasteiger partial charge >= 0.3 is 6.18 Å². The highest BCUT2D eigenvalue weighted by molar-refractivity contribution is 6.37. The van der Waals surface area contributed by atoms with Gasteiger partial charge in [-0.2, -0.15) is 13.2 Å². The first-order valence-electron chi connectivity index (χ1n) is 16.9. The van der Waals surface area contributed by atoms with E-state index in [4.69, 9.17) is 40.5 Å². The van der Waals surface area contributed by atoms with Gasteiger partial charge in [-0.3, -0.25) is 0 Å². The zero-order chi connectivity index (χ0) is 38.0. The van der Waals surface area contributed by atoms with Gasteiger partial charge < -0.3 is 34.1 Å². The lowest BCUT2D eigenvalue weighted by Gasteiger charge is -2.29. The number of aromatic nitrogens is 2. The number of nitrogens with one attached hydrogen (secondary N) is 1. The fourth-order valence-electron chi connectivity index (χ4n) is 6.49. The molecule has 4 heterocycles. The molecule has 3 aromatic carbocycles. The predicted octanol–water partition coefficient (Wildman–Crippen LogP) is 8.85. The number of alkyl halides is 3. The Morgan fingerprint density at radius 2 is 1.56 bits per heavy atom. The summed E-state index contributed by atoms with van der Waals surface area (Å²) in [4.78, 5) is 17.8. The normalized spacial score (nSPS) is 13.3. The zero-order valence-electron chi connectivity index (χ0n) is 29.9. The van der Waals surface area contributed by atoms with Crippen LogP contribution in [0.3, 0.4) is 0 Å². The third-order valence-electron chi connectivity index (χ3n) is 9.10. The van der Waals surface area contributed by atoms with Crippen LogP contribution >= 0.6 is 11.6 Å². The van der Waals surface area contributed by atoms with Crippen molar-refractivity contribution in [1.82, 2.24) is 14.9 Å². The first kappa shape index (κ1) is 36.4. The summed E-state index contributed by atoms with van der Waals surface area (Å²) in [6.07, 6.45) is -1.60. The maximum atomic E-state index is 15.0. The summed E-state index contributed by atoms with van der Waals surface area (Å²) < 4.78 is 67.2. The minimum Gasteiger partial charge on any atom is -0.497 e. The Morgan fingerprint density at radius 3 is 2.17 bits per heavy atom. The van der Waals surface area contributed by atoms with Gasteiger partial charge in [0.2, 0.25) is 5.88 Å². The Morgan fingerprint density at radius 1 is 0.889 bits per heavy atom. The summed E-state index contributed by atoms with van der Waals surface area (Å²) in [7, 11) is 4.72. The van der Waals surface area contributed by atoms with E-state index in [0.717, 1.165) is 11.1 Å². The van der Waals surface area contributed by atoms with Gasteiger partial charge in [-0.25, -0.2) is 15.0 Å². The summed E-state index contributed by atoms with van der Waals surface area (Å²) in [6.45, 7) is 2.54. The third kappa shape index (κ3) is 7.44. The van der Waals surface area contributed by atoms with E-state index < -0.39 is 11.7 Å². The maximum Gasteiger partial charge on any atom is 0.418 e. The topological polar surface area (TPSA) is 93.6 Å². The standard InChI is InChI=1S/C40H36ClF3N6O4/c1-24-18-32(50(20-25-8-12-28(51-2)13-9-25)21-26-10-14-29(52-3)15-11-26)48-37(35(24)40(42,43)44)30-19-31-34-38(36(30)41)45-23-46-39(34)49(16-17-54-31)22-27-6-5-7-33(47-27)53-4/h5-19,45H,20-23H2,1-4H3. The van der Waals surface area contributed by atoms with Crippen molar-refractivity contribution in [2.75, 3.05) is 38.2 Å². The lowest BCUT2D eigenvalue weighted by Crippen LogP contribution is -2.30. The number of pyridine rings is 2. The number of benzene rings is 3. The number of anilines is 2. The van der Waals surface area contributed by atoms with Crippen LogP contribution in [-0.2, 0) is 25.8 Å². The van der Waals surface area contributed by atoms with E-state index >= 15 is 13.2 Å². The van der Waals surface area contributed by atoms with Gasteiger partial charge in [-0.1, -0.05) is 41.9 Å². The number of methoxy groups -OCH3 is 3. The van der Waals surface area contributed by atoms with Gasteiger partial charge in [0, 0.05) is 30.9 Å². The highest BCUT2D eigenvalue weighted by Crippen LogP contribution is 2.48. The van der Waals surface area contributed by atoms with Crippen LogP contribution in [-0.4, -0.2) is 48.7 Å². The lowest BCUT2D eigenvalue weighted by atomic mass is 9.97. The number of hydrogen-bond acceptors (Lipinski definition) is 10. The quantitative estimate of drug-likeness (QED) is 0.142. The van der Waals surface area contributed by atoms with Gasteiger partial charge in [-0.15, -0.1) is 0 Å². The first-order valence-corrected chi connectivity index (χ1v) is 17.3. The molecule has 7 rings (SSSR count). The van der Waals surface area contributed by atoms with Crippen LogP contribution in [0.1, 0.15) is 33.5 Å². The number of hydrogen-bond donors (Lipinski definition) is 1. The smallest absolute Gasteiger partial charge is 0.418 e. The second-order valence-corrected chi connectivity index (χ2v) is 13.0. The summed E-state index contributed by atoms with van der Waals surface area (Å²) in [5, 5.41) is 3.23. The average Bonchev–Trinajstić information content (AvgIpc) is 3.35. The second-order valence-electron chi connectivity index (χ2n) is 12.6. The maximum absolute atomic E-state index is 15.0. The van der Waals surface area contributed by atoms with E-state index in [1.807, 2.05) is 70.5 Å². The Bertz CT molecular complexity index is 2180. The molecule has 2 aliphatic rings. The molecular formula is C40H36ClF3N6O4. The Hall–Kier alpha value is -5.95. The molecule has 0 fully saturated rings. The van der Waals surface area contributed by atoms with Crippen LogP contribution in [0.2, 0.25) is 5.02 Å². The van der Waals surface area contributed by atoms with Crippen LogP contribution < -0.4 is 29.2 Å². The number of rotatable bonds is 11.